The molecular weight excluding hydrogens is 360 g/mol. The molecule has 2 amide bonds. The van der Waals surface area contributed by atoms with E-state index < -0.39 is 12.1 Å². The van der Waals surface area contributed by atoms with E-state index in [1.165, 1.54) is 0 Å². The van der Waals surface area contributed by atoms with Crippen molar-refractivity contribution in [2.45, 2.75) is 32.7 Å². The predicted octanol–water partition coefficient (Wildman–Crippen LogP) is 3.10. The number of hydrogen-bond acceptors (Lipinski definition) is 5. The number of aryl methyl sites for hydroxylation is 1. The third-order valence-corrected chi connectivity index (χ3v) is 4.22. The molecule has 0 aliphatic rings. The highest BCUT2D eigenvalue weighted by Gasteiger charge is 2.16. The Morgan fingerprint density at radius 1 is 1.32 bits per heavy atom. The molecule has 1 atom stereocenters. The summed E-state index contributed by atoms with van der Waals surface area (Å²) in [5, 5.41) is 19.1. The zero-order valence-corrected chi connectivity index (χ0v) is 16.9. The predicted molar refractivity (Wildman–Crippen MR) is 108 cm³/mol. The quantitative estimate of drug-likeness (QED) is 0.542. The van der Waals surface area contributed by atoms with E-state index in [-0.39, 0.29) is 6.61 Å². The number of aliphatic hydroxyl groups excluding tert-OH is 1. The molecule has 8 nitrogen and oxygen atoms in total. The van der Waals surface area contributed by atoms with Crippen LogP contribution in [0.15, 0.2) is 30.6 Å². The van der Waals surface area contributed by atoms with Crippen molar-refractivity contribution in [3.05, 3.63) is 36.2 Å². The van der Waals surface area contributed by atoms with Crippen LogP contribution in [0.2, 0.25) is 0 Å². The highest BCUT2D eigenvalue weighted by atomic mass is 16.5. The van der Waals surface area contributed by atoms with Crippen LogP contribution in [0, 0.1) is 5.92 Å². The van der Waals surface area contributed by atoms with Gasteiger partial charge in [-0.1, -0.05) is 13.8 Å². The van der Waals surface area contributed by atoms with Gasteiger partial charge in [0.25, 0.3) is 0 Å². The Morgan fingerprint density at radius 3 is 2.71 bits per heavy atom. The normalized spacial score (nSPS) is 11.9. The Balaban J connectivity index is 1.98. The van der Waals surface area contributed by atoms with E-state index in [9.17, 15) is 9.90 Å². The Kier molecular flexibility index (Phi) is 8.13. The lowest BCUT2D eigenvalue weighted by Crippen LogP contribution is -2.34. The second-order valence-corrected chi connectivity index (χ2v) is 7.03. The second-order valence-electron chi connectivity index (χ2n) is 7.03. The number of benzene rings is 1. The van der Waals surface area contributed by atoms with Crippen LogP contribution < -0.4 is 20.1 Å². The number of rotatable bonds is 10. The first kappa shape index (κ1) is 21.6. The first-order valence-corrected chi connectivity index (χ1v) is 9.40. The molecule has 0 spiro atoms. The van der Waals surface area contributed by atoms with Crippen LogP contribution in [-0.4, -0.2) is 41.2 Å². The fourth-order valence-electron chi connectivity index (χ4n) is 2.72. The Hall–Kier alpha value is -2.74. The molecule has 1 aromatic heterocycles. The van der Waals surface area contributed by atoms with E-state index in [4.69, 9.17) is 9.47 Å². The maximum absolute atomic E-state index is 12.3. The van der Waals surface area contributed by atoms with E-state index in [1.807, 2.05) is 0 Å². The summed E-state index contributed by atoms with van der Waals surface area (Å²) < 4.78 is 12.8. The van der Waals surface area contributed by atoms with E-state index in [1.54, 1.807) is 49.4 Å². The van der Waals surface area contributed by atoms with Crippen LogP contribution in [-0.2, 0) is 7.05 Å². The van der Waals surface area contributed by atoms with Gasteiger partial charge >= 0.3 is 6.03 Å². The summed E-state index contributed by atoms with van der Waals surface area (Å²) in [5.74, 6) is 1.82. The van der Waals surface area contributed by atoms with Crippen molar-refractivity contribution in [2.24, 2.45) is 13.0 Å². The number of nitrogens with zero attached hydrogens (tertiary/aromatic N) is 2. The maximum Gasteiger partial charge on any atom is 0.319 e. The topological polar surface area (TPSA) is 97.6 Å². The lowest BCUT2D eigenvalue weighted by molar-refractivity contribution is 0.225. The molecule has 28 heavy (non-hydrogen) atoms. The number of anilines is 1. The first-order valence-electron chi connectivity index (χ1n) is 9.40. The number of urea groups is 1. The monoisotopic (exact) mass is 390 g/mol. The van der Waals surface area contributed by atoms with Crippen LogP contribution in [0.1, 0.15) is 38.3 Å². The van der Waals surface area contributed by atoms with Crippen LogP contribution in [0.3, 0.4) is 0 Å². The highest BCUT2D eigenvalue weighted by molar-refractivity contribution is 5.90. The van der Waals surface area contributed by atoms with Gasteiger partial charge in [-0.05, 0) is 30.9 Å². The molecule has 0 aliphatic carbocycles. The van der Waals surface area contributed by atoms with Crippen molar-refractivity contribution in [3.63, 3.8) is 0 Å². The molecule has 0 aliphatic heterocycles. The molecule has 0 radical (unpaired) electrons. The number of carbonyl (C=O) groups is 1. The molecule has 2 rings (SSSR count). The van der Waals surface area contributed by atoms with Gasteiger partial charge in [0.05, 0.1) is 32.6 Å². The van der Waals surface area contributed by atoms with Crippen molar-refractivity contribution in [1.82, 2.24) is 15.1 Å². The summed E-state index contributed by atoms with van der Waals surface area (Å²) in [6.45, 7) is 4.70. The first-order chi connectivity index (χ1) is 13.4. The van der Waals surface area contributed by atoms with Crippen LogP contribution in [0.5, 0.6) is 11.5 Å². The van der Waals surface area contributed by atoms with Gasteiger partial charge in [-0.15, -0.1) is 0 Å². The van der Waals surface area contributed by atoms with Crippen molar-refractivity contribution < 1.29 is 19.4 Å². The molecule has 8 heteroatoms. The molecule has 3 N–H and O–H groups in total. The molecule has 1 unspecified atom stereocenters. The molecule has 154 valence electrons. The highest BCUT2D eigenvalue weighted by Crippen LogP contribution is 2.30. The average molecular weight is 390 g/mol. The number of nitrogens with one attached hydrogen (secondary N) is 2. The third-order valence-electron chi connectivity index (χ3n) is 4.22. The number of ether oxygens (including phenoxy) is 2. The van der Waals surface area contributed by atoms with Gasteiger partial charge in [-0.25, -0.2) is 4.79 Å². The molecule has 0 saturated heterocycles. The van der Waals surface area contributed by atoms with Crippen molar-refractivity contribution in [3.8, 4) is 11.5 Å². The van der Waals surface area contributed by atoms with Gasteiger partial charge in [0.15, 0.2) is 11.5 Å². The number of methoxy groups -OCH3 is 1. The summed E-state index contributed by atoms with van der Waals surface area (Å²) in [6, 6.07) is 4.24. The molecule has 2 aromatic rings. The van der Waals surface area contributed by atoms with Crippen LogP contribution >= 0.6 is 0 Å². The summed E-state index contributed by atoms with van der Waals surface area (Å²) in [6.07, 6.45) is 5.39. The van der Waals surface area contributed by atoms with E-state index in [2.05, 4.69) is 29.6 Å². The van der Waals surface area contributed by atoms with Crippen molar-refractivity contribution in [2.75, 3.05) is 25.6 Å². The third kappa shape index (κ3) is 6.45. The Bertz CT molecular complexity index is 760. The smallest absolute Gasteiger partial charge is 0.319 e. The van der Waals surface area contributed by atoms with E-state index in [0.717, 1.165) is 18.4 Å². The van der Waals surface area contributed by atoms with Gasteiger partial charge in [0.2, 0.25) is 0 Å². The summed E-state index contributed by atoms with van der Waals surface area (Å²) >= 11 is 0. The number of carbonyl (C=O) groups excluding carboxylic acids is 1. The van der Waals surface area contributed by atoms with Gasteiger partial charge in [-0.3, -0.25) is 4.68 Å². The zero-order valence-electron chi connectivity index (χ0n) is 16.9. The number of hydrogen-bond donors (Lipinski definition) is 3. The molecular formula is C20H30N4O4. The zero-order chi connectivity index (χ0) is 20.5. The van der Waals surface area contributed by atoms with Crippen molar-refractivity contribution >= 4 is 11.7 Å². The lowest BCUT2D eigenvalue weighted by atomic mass is 10.1. The molecule has 0 saturated carbocycles. The standard InChI is InChI=1S/C20H30N4O4/c1-14(2)6-5-9-28-19-10-16(7-8-18(19)27-4)22-20(26)23-17(13-25)15-11-21-24(3)12-15/h7-8,10-12,14,17,25H,5-6,9,13H2,1-4H3,(H2,22,23,26). The van der Waals surface area contributed by atoms with Crippen molar-refractivity contribution in [1.29, 1.82) is 0 Å². The second kappa shape index (κ2) is 10.6. The summed E-state index contributed by atoms with van der Waals surface area (Å²) in [4.78, 5) is 12.3. The van der Waals surface area contributed by atoms with Gasteiger partial charge in [0.1, 0.15) is 0 Å². The fourth-order valence-corrected chi connectivity index (χ4v) is 2.72. The number of aromatic nitrogens is 2. The van der Waals surface area contributed by atoms with Crippen LogP contribution in [0.25, 0.3) is 0 Å². The minimum absolute atomic E-state index is 0.230. The SMILES string of the molecule is COc1ccc(NC(=O)NC(CO)c2cnn(C)c2)cc1OCCCC(C)C. The van der Waals surface area contributed by atoms with Gasteiger partial charge in [0, 0.05) is 30.6 Å². The largest absolute Gasteiger partial charge is 0.493 e. The molecule has 0 bridgehead atoms. The van der Waals surface area contributed by atoms with Gasteiger partial charge < -0.3 is 25.2 Å². The molecule has 0 fully saturated rings. The Morgan fingerprint density at radius 2 is 2.11 bits per heavy atom. The van der Waals surface area contributed by atoms with E-state index >= 15 is 0 Å². The number of aliphatic hydroxyl groups is 1. The lowest BCUT2D eigenvalue weighted by Gasteiger charge is -2.17. The minimum Gasteiger partial charge on any atom is -0.493 e. The summed E-state index contributed by atoms with van der Waals surface area (Å²) in [5.41, 5.74) is 1.30. The molecule has 1 aromatic carbocycles. The maximum atomic E-state index is 12.3. The van der Waals surface area contributed by atoms with Crippen LogP contribution in [0.4, 0.5) is 10.5 Å². The minimum atomic E-state index is -0.543. The summed E-state index contributed by atoms with van der Waals surface area (Å²) in [7, 11) is 3.36. The van der Waals surface area contributed by atoms with E-state index in [0.29, 0.717) is 29.7 Å². The number of amides is 2. The average Bonchev–Trinajstić information content (AvgIpc) is 3.09. The fraction of sp³-hybridized carbons (Fsp3) is 0.500. The Labute approximate surface area is 165 Å². The van der Waals surface area contributed by atoms with Gasteiger partial charge in [-0.2, -0.15) is 5.10 Å². The molecule has 1 heterocycles.